The van der Waals surface area contributed by atoms with Crippen molar-refractivity contribution in [2.45, 2.75) is 187 Å². The summed E-state index contributed by atoms with van der Waals surface area (Å²) in [5.41, 5.74) is 0. The van der Waals surface area contributed by atoms with Crippen LogP contribution in [0.1, 0.15) is 181 Å². The molecule has 0 N–H and O–H groups in total. The van der Waals surface area contributed by atoms with Crippen LogP contribution in [-0.4, -0.2) is 70.0 Å². The molecule has 0 aromatic rings. The molecular weight excluding hydrogens is 701 g/mol. The third-order valence-corrected chi connectivity index (χ3v) is 10.1. The molecule has 0 heterocycles. The predicted molar refractivity (Wildman–Crippen MR) is 222 cm³/mol. The maximum atomic E-state index is 12.7. The number of ether oxygens (including phenoxy) is 2. The van der Waals surface area contributed by atoms with Gasteiger partial charge in [-0.25, -0.2) is 0 Å². The topological polar surface area (TPSA) is 111 Å². The van der Waals surface area contributed by atoms with Crippen LogP contribution in [0.3, 0.4) is 0 Å². The second kappa shape index (κ2) is 36.8. The lowest BCUT2D eigenvalue weighted by Gasteiger charge is -2.28. The van der Waals surface area contributed by atoms with Crippen LogP contribution in [0.5, 0.6) is 0 Å². The van der Waals surface area contributed by atoms with E-state index in [0.29, 0.717) is 23.9 Å². The average molecular weight is 784 g/mol. The van der Waals surface area contributed by atoms with Crippen LogP contribution in [0.2, 0.25) is 0 Å². The summed E-state index contributed by atoms with van der Waals surface area (Å²) in [5.74, 6) is -0.877. The number of phosphoric acid groups is 1. The number of unbranched alkanes of at least 4 members (excludes halogenated alkanes) is 19. The highest BCUT2D eigenvalue weighted by Crippen LogP contribution is 2.38. The summed E-state index contributed by atoms with van der Waals surface area (Å²) < 4.78 is 33.8. The molecule has 0 saturated heterocycles. The minimum absolute atomic E-state index is 0.0366. The molecule has 0 aliphatic carbocycles. The zero-order chi connectivity index (χ0) is 40.0. The van der Waals surface area contributed by atoms with Gasteiger partial charge in [0.05, 0.1) is 27.7 Å². The van der Waals surface area contributed by atoms with Crippen LogP contribution >= 0.6 is 7.82 Å². The van der Waals surface area contributed by atoms with E-state index in [1.807, 2.05) is 21.1 Å². The van der Waals surface area contributed by atoms with Gasteiger partial charge in [-0.15, -0.1) is 0 Å². The van der Waals surface area contributed by atoms with Crippen LogP contribution in [0.4, 0.5) is 0 Å². The summed E-state index contributed by atoms with van der Waals surface area (Å²) in [6.07, 6.45) is 40.3. The molecule has 0 saturated carbocycles. The van der Waals surface area contributed by atoms with Crippen molar-refractivity contribution < 1.29 is 42.1 Å². The fourth-order valence-corrected chi connectivity index (χ4v) is 6.41. The number of nitrogens with zero attached hydrogens (tertiary/aromatic N) is 1. The first-order valence-corrected chi connectivity index (χ1v) is 23.2. The van der Waals surface area contributed by atoms with E-state index in [4.69, 9.17) is 18.5 Å². The smallest absolute Gasteiger partial charge is 0.306 e. The van der Waals surface area contributed by atoms with Crippen LogP contribution in [-0.2, 0) is 32.7 Å². The number of phosphoric ester groups is 1. The van der Waals surface area contributed by atoms with Gasteiger partial charge in [0, 0.05) is 12.8 Å². The van der Waals surface area contributed by atoms with Crippen LogP contribution in [0, 0.1) is 0 Å². The van der Waals surface area contributed by atoms with Crippen LogP contribution in [0.15, 0.2) is 36.5 Å². The zero-order valence-corrected chi connectivity index (χ0v) is 36.3. The van der Waals surface area contributed by atoms with Crippen molar-refractivity contribution in [1.82, 2.24) is 0 Å². The molecule has 0 bridgehead atoms. The molecule has 0 aliphatic rings. The summed E-state index contributed by atoms with van der Waals surface area (Å²) in [6.45, 7) is 4.16. The number of allylic oxidation sites excluding steroid dienone is 6. The largest absolute Gasteiger partial charge is 0.756 e. The Balaban J connectivity index is 4.43. The van der Waals surface area contributed by atoms with Crippen molar-refractivity contribution in [2.24, 2.45) is 0 Å². The number of hydrogen-bond donors (Lipinski definition) is 0. The molecule has 0 fully saturated rings. The molecule has 10 heteroatoms. The van der Waals surface area contributed by atoms with Crippen molar-refractivity contribution in [2.75, 3.05) is 47.5 Å². The third kappa shape index (κ3) is 39.9. The van der Waals surface area contributed by atoms with Gasteiger partial charge in [-0.2, -0.15) is 0 Å². The maximum absolute atomic E-state index is 12.7. The molecule has 0 radical (unpaired) electrons. The fraction of sp³-hybridized carbons (Fsp3) is 0.818. The molecule has 0 spiro atoms. The van der Waals surface area contributed by atoms with E-state index >= 15 is 0 Å². The van der Waals surface area contributed by atoms with Gasteiger partial charge in [-0.3, -0.25) is 14.2 Å². The van der Waals surface area contributed by atoms with E-state index in [1.165, 1.54) is 89.9 Å². The molecule has 0 aliphatic heterocycles. The number of likely N-dealkylation sites (N-methyl/N-ethyl adjacent to an activating group) is 1. The normalized spacial score (nSPS) is 14.0. The summed E-state index contributed by atoms with van der Waals surface area (Å²) in [4.78, 5) is 37.5. The predicted octanol–water partition coefficient (Wildman–Crippen LogP) is 11.5. The molecule has 0 aromatic carbocycles. The van der Waals surface area contributed by atoms with Gasteiger partial charge in [0.25, 0.3) is 7.82 Å². The monoisotopic (exact) mass is 784 g/mol. The van der Waals surface area contributed by atoms with Gasteiger partial charge < -0.3 is 27.9 Å². The Labute approximate surface area is 331 Å². The summed E-state index contributed by atoms with van der Waals surface area (Å²) in [6, 6.07) is 0. The number of rotatable bonds is 39. The van der Waals surface area contributed by atoms with Crippen molar-refractivity contribution in [1.29, 1.82) is 0 Å². The highest BCUT2D eigenvalue weighted by molar-refractivity contribution is 7.45. The lowest BCUT2D eigenvalue weighted by atomic mass is 10.1. The van der Waals surface area contributed by atoms with Crippen LogP contribution in [0.25, 0.3) is 0 Å². The summed E-state index contributed by atoms with van der Waals surface area (Å²) >= 11 is 0. The van der Waals surface area contributed by atoms with Gasteiger partial charge in [0.1, 0.15) is 19.8 Å². The van der Waals surface area contributed by atoms with Crippen molar-refractivity contribution >= 4 is 19.8 Å². The molecule has 1 unspecified atom stereocenters. The molecule has 0 rings (SSSR count). The van der Waals surface area contributed by atoms with Gasteiger partial charge in [0.2, 0.25) is 0 Å². The Morgan fingerprint density at radius 1 is 0.574 bits per heavy atom. The van der Waals surface area contributed by atoms with Gasteiger partial charge in [0.15, 0.2) is 6.10 Å². The summed E-state index contributed by atoms with van der Waals surface area (Å²) in [7, 11) is 1.14. The van der Waals surface area contributed by atoms with Crippen molar-refractivity contribution in [3.63, 3.8) is 0 Å². The van der Waals surface area contributed by atoms with E-state index in [2.05, 4.69) is 50.3 Å². The SMILES string of the molecule is CCCCCC/C=C/CCCCCCCCCC(=O)O[C@H](COC(=O)CCCC/C=C/C/C=C/CCCCCCCC)COP(=O)([O-])OCC[N+](C)(C)C. The Morgan fingerprint density at radius 3 is 1.54 bits per heavy atom. The number of esters is 2. The van der Waals surface area contributed by atoms with Gasteiger partial charge in [-0.1, -0.05) is 134 Å². The number of hydrogen-bond acceptors (Lipinski definition) is 8. The van der Waals surface area contributed by atoms with Gasteiger partial charge >= 0.3 is 11.9 Å². The number of carbonyl (C=O) groups is 2. The molecule has 0 amide bonds. The molecule has 2 atom stereocenters. The maximum Gasteiger partial charge on any atom is 0.306 e. The Morgan fingerprint density at radius 2 is 1.00 bits per heavy atom. The number of quaternary nitrogens is 1. The second-order valence-electron chi connectivity index (χ2n) is 15.7. The van der Waals surface area contributed by atoms with E-state index in [0.717, 1.165) is 51.4 Å². The van der Waals surface area contributed by atoms with E-state index < -0.39 is 32.5 Å². The Hall–Kier alpha value is -1.77. The number of carbonyl (C=O) groups excluding carboxylic acids is 2. The lowest BCUT2D eigenvalue weighted by Crippen LogP contribution is -2.37. The highest BCUT2D eigenvalue weighted by atomic mass is 31.2. The van der Waals surface area contributed by atoms with E-state index in [1.54, 1.807) is 0 Å². The standard InChI is InChI=1S/C44H82NO8P/c1-6-8-10-12-14-16-18-20-22-24-26-28-30-32-34-36-43(46)50-40-42(41-52-54(48,49)51-39-38-45(3,4)5)53-44(47)37-35-33-31-29-27-25-23-21-19-17-15-13-11-9-7-2/h17,19-20,22,26,28,42H,6-16,18,21,23-25,27,29-41H2,1-5H3/b19-17+,22-20+,28-26+/t42-/m1/s1. The molecule has 54 heavy (non-hydrogen) atoms. The Bertz CT molecular complexity index is 1020. The minimum atomic E-state index is -4.63. The zero-order valence-electron chi connectivity index (χ0n) is 35.4. The quantitative estimate of drug-likeness (QED) is 0.0199. The minimum Gasteiger partial charge on any atom is -0.756 e. The van der Waals surface area contributed by atoms with Crippen molar-refractivity contribution in [3.8, 4) is 0 Å². The first kappa shape index (κ1) is 52.2. The molecule has 9 nitrogen and oxygen atoms in total. The first-order chi connectivity index (χ1) is 26.0. The molecular formula is C44H82NO8P. The molecule has 316 valence electrons. The second-order valence-corrected chi connectivity index (χ2v) is 17.1. The third-order valence-electron chi connectivity index (χ3n) is 9.13. The fourth-order valence-electron chi connectivity index (χ4n) is 5.68. The molecule has 0 aromatic heterocycles. The van der Waals surface area contributed by atoms with E-state index in [9.17, 15) is 19.0 Å². The first-order valence-electron chi connectivity index (χ1n) is 21.7. The lowest BCUT2D eigenvalue weighted by molar-refractivity contribution is -0.870. The summed E-state index contributed by atoms with van der Waals surface area (Å²) in [5, 5.41) is 0. The average Bonchev–Trinajstić information content (AvgIpc) is 3.12. The van der Waals surface area contributed by atoms with Crippen LogP contribution < -0.4 is 4.89 Å². The van der Waals surface area contributed by atoms with Gasteiger partial charge in [-0.05, 0) is 70.6 Å². The van der Waals surface area contributed by atoms with E-state index in [-0.39, 0.29) is 26.1 Å². The highest BCUT2D eigenvalue weighted by Gasteiger charge is 2.21. The van der Waals surface area contributed by atoms with Crippen molar-refractivity contribution in [3.05, 3.63) is 36.5 Å². The Kier molecular flexibility index (Phi) is 35.6.